The molecular weight excluding hydrogens is 246 g/mol. The number of fused-ring (bicyclic) bond motifs is 1. The first kappa shape index (κ1) is 12.8. The first-order chi connectivity index (χ1) is 8.47. The van der Waals surface area contributed by atoms with E-state index in [-0.39, 0.29) is 4.75 Å². The maximum Gasteiger partial charge on any atom is 0.144 e. The first-order valence-electron chi connectivity index (χ1n) is 5.65. The van der Waals surface area contributed by atoms with Crippen molar-refractivity contribution in [1.29, 1.82) is 0 Å². The summed E-state index contributed by atoms with van der Waals surface area (Å²) in [5, 5.41) is 0. The second-order valence-electron chi connectivity index (χ2n) is 4.88. The van der Waals surface area contributed by atoms with Gasteiger partial charge in [-0.1, -0.05) is 12.1 Å². The van der Waals surface area contributed by atoms with Crippen LogP contribution in [0.15, 0.2) is 34.9 Å². The summed E-state index contributed by atoms with van der Waals surface area (Å²) in [4.78, 5) is 8.65. The average Bonchev–Trinajstić information content (AvgIpc) is 2.34. The van der Waals surface area contributed by atoms with Crippen molar-refractivity contribution >= 4 is 28.2 Å². The highest BCUT2D eigenvalue weighted by Gasteiger charge is 2.18. The Labute approximate surface area is 109 Å². The molecule has 18 heavy (non-hydrogen) atoms. The van der Waals surface area contributed by atoms with E-state index in [1.165, 1.54) is 6.21 Å². The SMILES string of the molecule is CC(C)(C)S(=O)N=Cc1cnc2ccccc2n1. The number of hydrogen-bond donors (Lipinski definition) is 0. The molecule has 1 atom stereocenters. The summed E-state index contributed by atoms with van der Waals surface area (Å²) in [6.45, 7) is 5.64. The Kier molecular flexibility index (Phi) is 3.52. The van der Waals surface area contributed by atoms with Crippen molar-refractivity contribution in [3.05, 3.63) is 36.2 Å². The molecule has 2 aromatic rings. The zero-order valence-corrected chi connectivity index (χ0v) is 11.4. The number of rotatable bonds is 2. The van der Waals surface area contributed by atoms with Gasteiger partial charge in [-0.2, -0.15) is 4.40 Å². The van der Waals surface area contributed by atoms with E-state index >= 15 is 0 Å². The highest BCUT2D eigenvalue weighted by atomic mass is 32.2. The van der Waals surface area contributed by atoms with Crippen LogP contribution in [0.2, 0.25) is 0 Å². The molecule has 0 saturated carbocycles. The zero-order valence-electron chi connectivity index (χ0n) is 10.6. The van der Waals surface area contributed by atoms with Crippen LogP contribution < -0.4 is 0 Å². The Morgan fingerprint density at radius 1 is 1.22 bits per heavy atom. The second kappa shape index (κ2) is 4.94. The van der Waals surface area contributed by atoms with Crippen molar-refractivity contribution in [1.82, 2.24) is 9.97 Å². The van der Waals surface area contributed by atoms with Crippen LogP contribution in [0.5, 0.6) is 0 Å². The fraction of sp³-hybridized carbons (Fsp3) is 0.308. The lowest BCUT2D eigenvalue weighted by molar-refractivity contribution is 0.651. The van der Waals surface area contributed by atoms with E-state index in [9.17, 15) is 4.21 Å². The molecule has 0 aliphatic carbocycles. The zero-order chi connectivity index (χ0) is 13.2. The summed E-state index contributed by atoms with van der Waals surface area (Å²) in [7, 11) is -1.27. The summed E-state index contributed by atoms with van der Waals surface area (Å²) >= 11 is 0. The third-order valence-corrected chi connectivity index (χ3v) is 3.62. The van der Waals surface area contributed by atoms with E-state index < -0.39 is 11.0 Å². The molecule has 0 amide bonds. The van der Waals surface area contributed by atoms with E-state index in [0.717, 1.165) is 11.0 Å². The van der Waals surface area contributed by atoms with E-state index in [1.807, 2.05) is 45.0 Å². The van der Waals surface area contributed by atoms with Gasteiger partial charge >= 0.3 is 0 Å². The van der Waals surface area contributed by atoms with Crippen molar-refractivity contribution in [3.8, 4) is 0 Å². The van der Waals surface area contributed by atoms with E-state index in [0.29, 0.717) is 5.69 Å². The molecule has 0 spiro atoms. The van der Waals surface area contributed by atoms with Crippen LogP contribution in [-0.4, -0.2) is 25.1 Å². The Balaban J connectivity index is 2.27. The maximum absolute atomic E-state index is 11.8. The van der Waals surface area contributed by atoms with Gasteiger partial charge in [0.05, 0.1) is 28.2 Å². The molecule has 1 unspecified atom stereocenters. The smallest absolute Gasteiger partial charge is 0.144 e. The molecule has 0 aliphatic rings. The molecule has 4 nitrogen and oxygen atoms in total. The molecule has 0 radical (unpaired) electrons. The summed E-state index contributed by atoms with van der Waals surface area (Å²) < 4.78 is 15.4. The van der Waals surface area contributed by atoms with Crippen LogP contribution in [0.4, 0.5) is 0 Å². The summed E-state index contributed by atoms with van der Waals surface area (Å²) in [5.41, 5.74) is 2.26. The highest BCUT2D eigenvalue weighted by molar-refractivity contribution is 7.85. The van der Waals surface area contributed by atoms with Crippen molar-refractivity contribution in [2.45, 2.75) is 25.5 Å². The lowest BCUT2D eigenvalue weighted by atomic mass is 10.3. The van der Waals surface area contributed by atoms with Gasteiger partial charge in [0.15, 0.2) is 0 Å². The number of benzene rings is 1. The largest absolute Gasteiger partial charge is 0.252 e. The van der Waals surface area contributed by atoms with Crippen molar-refractivity contribution < 1.29 is 4.21 Å². The van der Waals surface area contributed by atoms with Crippen LogP contribution in [-0.2, 0) is 11.0 Å². The third kappa shape index (κ3) is 2.98. The number of hydrogen-bond acceptors (Lipinski definition) is 3. The minimum Gasteiger partial charge on any atom is -0.252 e. The van der Waals surface area contributed by atoms with Crippen LogP contribution in [0.1, 0.15) is 26.5 Å². The molecule has 5 heteroatoms. The average molecular weight is 261 g/mol. The minimum atomic E-state index is -1.27. The predicted molar refractivity (Wildman–Crippen MR) is 75.0 cm³/mol. The van der Waals surface area contributed by atoms with Gasteiger partial charge in [0.1, 0.15) is 16.7 Å². The number of aromatic nitrogens is 2. The number of para-hydroxylation sites is 2. The Bertz CT molecular complexity index is 617. The predicted octanol–water partition coefficient (Wildman–Crippen LogP) is 2.51. The van der Waals surface area contributed by atoms with Gasteiger partial charge in [0, 0.05) is 0 Å². The number of nitrogens with zero attached hydrogens (tertiary/aromatic N) is 3. The Morgan fingerprint density at radius 2 is 1.89 bits per heavy atom. The van der Waals surface area contributed by atoms with Crippen LogP contribution >= 0.6 is 0 Å². The molecule has 0 saturated heterocycles. The van der Waals surface area contributed by atoms with Crippen molar-refractivity contribution in [2.75, 3.05) is 0 Å². The van der Waals surface area contributed by atoms with E-state index in [2.05, 4.69) is 14.4 Å². The molecular formula is C13H15N3OS. The second-order valence-corrected chi connectivity index (χ2v) is 6.81. The fourth-order valence-electron chi connectivity index (χ4n) is 1.29. The molecule has 2 rings (SSSR count). The van der Waals surface area contributed by atoms with Crippen molar-refractivity contribution in [3.63, 3.8) is 0 Å². The Hall–Kier alpha value is -1.62. The topological polar surface area (TPSA) is 55.2 Å². The summed E-state index contributed by atoms with van der Waals surface area (Å²) in [6, 6.07) is 7.61. The van der Waals surface area contributed by atoms with Gasteiger partial charge in [-0.15, -0.1) is 0 Å². The summed E-state index contributed by atoms with van der Waals surface area (Å²) in [5.74, 6) is 0. The highest BCUT2D eigenvalue weighted by Crippen LogP contribution is 2.12. The van der Waals surface area contributed by atoms with Crippen molar-refractivity contribution in [2.24, 2.45) is 4.40 Å². The molecule has 1 aromatic heterocycles. The van der Waals surface area contributed by atoms with Gasteiger partial charge in [0.2, 0.25) is 0 Å². The molecule has 94 valence electrons. The molecule has 0 aliphatic heterocycles. The van der Waals surface area contributed by atoms with Gasteiger partial charge in [-0.25, -0.2) is 9.19 Å². The first-order valence-corrected chi connectivity index (χ1v) is 6.75. The lowest BCUT2D eigenvalue weighted by Crippen LogP contribution is -2.19. The van der Waals surface area contributed by atoms with Gasteiger partial charge in [-0.05, 0) is 32.9 Å². The molecule has 1 aromatic carbocycles. The maximum atomic E-state index is 11.8. The van der Waals surface area contributed by atoms with Gasteiger partial charge in [-0.3, -0.25) is 4.98 Å². The van der Waals surface area contributed by atoms with Gasteiger partial charge in [0.25, 0.3) is 0 Å². The molecule has 1 heterocycles. The molecule has 0 bridgehead atoms. The van der Waals surface area contributed by atoms with Crippen LogP contribution in [0.3, 0.4) is 0 Å². The molecule has 0 N–H and O–H groups in total. The van der Waals surface area contributed by atoms with E-state index in [4.69, 9.17) is 0 Å². The van der Waals surface area contributed by atoms with Gasteiger partial charge < -0.3 is 0 Å². The quantitative estimate of drug-likeness (QED) is 0.780. The van der Waals surface area contributed by atoms with Crippen LogP contribution in [0, 0.1) is 0 Å². The monoisotopic (exact) mass is 261 g/mol. The standard InChI is InChI=1S/C13H15N3OS/c1-13(2,3)18(17)15-9-10-8-14-11-6-4-5-7-12(11)16-10/h4-9H,1-3H3. The third-order valence-electron chi connectivity index (χ3n) is 2.27. The lowest BCUT2D eigenvalue weighted by Gasteiger charge is -2.12. The Morgan fingerprint density at radius 3 is 2.56 bits per heavy atom. The molecule has 0 fully saturated rings. The normalized spacial score (nSPS) is 14.2. The summed E-state index contributed by atoms with van der Waals surface area (Å²) in [6.07, 6.45) is 3.15. The minimum absolute atomic E-state index is 0.360. The van der Waals surface area contributed by atoms with Crippen LogP contribution in [0.25, 0.3) is 11.0 Å². The van der Waals surface area contributed by atoms with E-state index in [1.54, 1.807) is 6.20 Å². The fourth-order valence-corrected chi connectivity index (χ4v) is 1.81.